The number of carbonyl (C=O) groups excluding carboxylic acids is 1. The molecule has 0 saturated heterocycles. The Morgan fingerprint density at radius 1 is 1.45 bits per heavy atom. The highest BCUT2D eigenvalue weighted by atomic mass is 35.5. The zero-order valence-corrected chi connectivity index (χ0v) is 12.5. The van der Waals surface area contributed by atoms with Gasteiger partial charge in [0.05, 0.1) is 12.3 Å². The number of anilines is 1. The molecule has 22 heavy (non-hydrogen) atoms. The number of nitrogens with one attached hydrogen (secondary N) is 1. The van der Waals surface area contributed by atoms with Crippen LogP contribution in [-0.4, -0.2) is 48.5 Å². The maximum atomic E-state index is 12.2. The second-order valence-electron chi connectivity index (χ2n) is 4.28. The average molecular weight is 341 g/mol. The van der Waals surface area contributed by atoms with Crippen molar-refractivity contribution < 1.29 is 27.8 Å². The Kier molecular flexibility index (Phi) is 6.76. The molecule has 0 radical (unpaired) electrons. The molecule has 0 unspecified atom stereocenters. The standard InChI is InChI=1S/C13H16ClF3N2O3/c1-2-19(5-6-20)12(21)18-10-4-3-9(14)7-11(10)22-8-13(15,16)17/h3-4,7,20H,2,5-6,8H2,1H3,(H,18,21). The number of alkyl halides is 3. The molecular formula is C13H16ClF3N2O3. The SMILES string of the molecule is CCN(CCO)C(=O)Nc1ccc(Cl)cc1OCC(F)(F)F. The second kappa shape index (κ2) is 8.09. The molecule has 2 amide bonds. The van der Waals surface area contributed by atoms with E-state index in [0.29, 0.717) is 6.54 Å². The van der Waals surface area contributed by atoms with Crippen LogP contribution in [0.5, 0.6) is 5.75 Å². The van der Waals surface area contributed by atoms with Gasteiger partial charge in [-0.05, 0) is 19.1 Å². The van der Waals surface area contributed by atoms with E-state index in [1.807, 2.05) is 0 Å². The van der Waals surface area contributed by atoms with Gasteiger partial charge >= 0.3 is 12.2 Å². The van der Waals surface area contributed by atoms with E-state index in [4.69, 9.17) is 16.7 Å². The number of nitrogens with zero attached hydrogens (tertiary/aromatic N) is 1. The van der Waals surface area contributed by atoms with Gasteiger partial charge in [-0.25, -0.2) is 4.79 Å². The summed E-state index contributed by atoms with van der Waals surface area (Å²) in [5.74, 6) is -0.182. The third-order valence-electron chi connectivity index (χ3n) is 2.62. The maximum Gasteiger partial charge on any atom is 0.422 e. The zero-order chi connectivity index (χ0) is 16.8. The molecule has 5 nitrogen and oxygen atoms in total. The number of aliphatic hydroxyl groups excluding tert-OH is 1. The van der Waals surface area contributed by atoms with Crippen molar-refractivity contribution in [3.8, 4) is 5.75 Å². The Labute approximate surface area is 130 Å². The van der Waals surface area contributed by atoms with Crippen molar-refractivity contribution in [2.75, 3.05) is 31.6 Å². The highest BCUT2D eigenvalue weighted by molar-refractivity contribution is 6.30. The number of rotatable bonds is 6. The van der Waals surface area contributed by atoms with Crippen LogP contribution in [-0.2, 0) is 0 Å². The smallest absolute Gasteiger partial charge is 0.422 e. The number of aliphatic hydroxyl groups is 1. The molecule has 1 rings (SSSR count). The first-order chi connectivity index (χ1) is 10.3. The number of hydrogen-bond donors (Lipinski definition) is 2. The van der Waals surface area contributed by atoms with Gasteiger partial charge in [-0.2, -0.15) is 13.2 Å². The Hall–Kier alpha value is -1.67. The Morgan fingerprint density at radius 3 is 2.68 bits per heavy atom. The summed E-state index contributed by atoms with van der Waals surface area (Å²) in [5.41, 5.74) is 0.0649. The van der Waals surface area contributed by atoms with E-state index in [1.165, 1.54) is 23.1 Å². The summed E-state index contributed by atoms with van der Waals surface area (Å²) in [4.78, 5) is 13.3. The molecular weight excluding hydrogens is 325 g/mol. The number of hydrogen-bond acceptors (Lipinski definition) is 3. The van der Waals surface area contributed by atoms with Crippen molar-refractivity contribution in [1.29, 1.82) is 0 Å². The summed E-state index contributed by atoms with van der Waals surface area (Å²) in [7, 11) is 0. The van der Waals surface area contributed by atoms with Crippen molar-refractivity contribution in [2.24, 2.45) is 0 Å². The third kappa shape index (κ3) is 5.98. The Bertz CT molecular complexity index is 512. The van der Waals surface area contributed by atoms with Gasteiger partial charge in [0.15, 0.2) is 6.61 Å². The number of benzene rings is 1. The van der Waals surface area contributed by atoms with Crippen molar-refractivity contribution >= 4 is 23.3 Å². The van der Waals surface area contributed by atoms with E-state index < -0.39 is 18.8 Å². The van der Waals surface area contributed by atoms with Gasteiger partial charge in [0, 0.05) is 24.2 Å². The molecule has 0 heterocycles. The van der Waals surface area contributed by atoms with Crippen LogP contribution in [0.2, 0.25) is 5.02 Å². The molecule has 0 aliphatic rings. The van der Waals surface area contributed by atoms with E-state index in [9.17, 15) is 18.0 Å². The molecule has 0 aliphatic heterocycles. The number of carbonyl (C=O) groups is 1. The average Bonchev–Trinajstić information content (AvgIpc) is 2.43. The molecule has 9 heteroatoms. The van der Waals surface area contributed by atoms with Gasteiger partial charge in [-0.3, -0.25) is 0 Å². The predicted octanol–water partition coefficient (Wildman–Crippen LogP) is 3.13. The number of urea groups is 1. The van der Waals surface area contributed by atoms with Crippen molar-refractivity contribution in [1.82, 2.24) is 4.90 Å². The van der Waals surface area contributed by atoms with E-state index >= 15 is 0 Å². The van der Waals surface area contributed by atoms with E-state index in [-0.39, 0.29) is 29.6 Å². The van der Waals surface area contributed by atoms with Crippen LogP contribution in [0.1, 0.15) is 6.92 Å². The lowest BCUT2D eigenvalue weighted by molar-refractivity contribution is -0.153. The van der Waals surface area contributed by atoms with Crippen LogP contribution < -0.4 is 10.1 Å². The molecule has 0 spiro atoms. The lowest BCUT2D eigenvalue weighted by Gasteiger charge is -2.21. The van der Waals surface area contributed by atoms with Gasteiger partial charge in [0.1, 0.15) is 5.75 Å². The van der Waals surface area contributed by atoms with E-state index in [0.717, 1.165) is 0 Å². The molecule has 0 saturated carbocycles. The molecule has 124 valence electrons. The fourth-order valence-corrected chi connectivity index (χ4v) is 1.76. The van der Waals surface area contributed by atoms with Crippen molar-refractivity contribution in [2.45, 2.75) is 13.1 Å². The van der Waals surface area contributed by atoms with Gasteiger partial charge in [0.25, 0.3) is 0 Å². The minimum absolute atomic E-state index is 0.0649. The topological polar surface area (TPSA) is 61.8 Å². The summed E-state index contributed by atoms with van der Waals surface area (Å²) in [5, 5.41) is 11.5. The fraction of sp³-hybridized carbons (Fsp3) is 0.462. The van der Waals surface area contributed by atoms with Gasteiger partial charge in [0.2, 0.25) is 0 Å². The predicted molar refractivity (Wildman–Crippen MR) is 76.4 cm³/mol. The monoisotopic (exact) mass is 340 g/mol. The Morgan fingerprint density at radius 2 is 2.14 bits per heavy atom. The van der Waals surface area contributed by atoms with Crippen molar-refractivity contribution in [3.63, 3.8) is 0 Å². The molecule has 0 atom stereocenters. The summed E-state index contributed by atoms with van der Waals surface area (Å²) in [6.45, 7) is 0.426. The number of ether oxygens (including phenoxy) is 1. The summed E-state index contributed by atoms with van der Waals surface area (Å²) >= 11 is 5.73. The molecule has 1 aromatic carbocycles. The first-order valence-electron chi connectivity index (χ1n) is 6.42. The minimum atomic E-state index is -4.50. The zero-order valence-electron chi connectivity index (χ0n) is 11.8. The molecule has 1 aromatic rings. The lowest BCUT2D eigenvalue weighted by atomic mass is 10.3. The van der Waals surface area contributed by atoms with Crippen molar-refractivity contribution in [3.05, 3.63) is 23.2 Å². The first kappa shape index (κ1) is 18.4. The van der Waals surface area contributed by atoms with E-state index in [1.54, 1.807) is 6.92 Å². The number of amides is 2. The van der Waals surface area contributed by atoms with E-state index in [2.05, 4.69) is 10.1 Å². The first-order valence-corrected chi connectivity index (χ1v) is 6.80. The van der Waals surface area contributed by atoms with Crippen LogP contribution in [0, 0.1) is 0 Å². The molecule has 0 aliphatic carbocycles. The quantitative estimate of drug-likeness (QED) is 0.836. The highest BCUT2D eigenvalue weighted by Gasteiger charge is 2.29. The largest absolute Gasteiger partial charge is 0.482 e. The number of halogens is 4. The third-order valence-corrected chi connectivity index (χ3v) is 2.85. The van der Waals surface area contributed by atoms with Gasteiger partial charge in [-0.1, -0.05) is 11.6 Å². The highest BCUT2D eigenvalue weighted by Crippen LogP contribution is 2.30. The van der Waals surface area contributed by atoms with Gasteiger partial charge < -0.3 is 20.1 Å². The van der Waals surface area contributed by atoms with Gasteiger partial charge in [-0.15, -0.1) is 0 Å². The normalized spacial score (nSPS) is 11.2. The summed E-state index contributed by atoms with van der Waals surface area (Å²) in [6, 6.07) is 3.39. The lowest BCUT2D eigenvalue weighted by Crippen LogP contribution is -2.37. The molecule has 0 fully saturated rings. The summed E-state index contributed by atoms with van der Waals surface area (Å²) in [6.07, 6.45) is -4.50. The van der Waals surface area contributed by atoms with Crippen LogP contribution in [0.3, 0.4) is 0 Å². The van der Waals surface area contributed by atoms with Crippen LogP contribution in [0.15, 0.2) is 18.2 Å². The molecule has 0 bridgehead atoms. The van der Waals surface area contributed by atoms with Crippen LogP contribution >= 0.6 is 11.6 Å². The fourth-order valence-electron chi connectivity index (χ4n) is 1.60. The Balaban J connectivity index is 2.87. The maximum absolute atomic E-state index is 12.2. The minimum Gasteiger partial charge on any atom is -0.482 e. The molecule has 2 N–H and O–H groups in total. The number of likely N-dealkylation sites (N-methyl/N-ethyl adjacent to an activating group) is 1. The summed E-state index contributed by atoms with van der Waals surface area (Å²) < 4.78 is 41.4. The second-order valence-corrected chi connectivity index (χ2v) is 4.71. The van der Waals surface area contributed by atoms with Crippen LogP contribution in [0.4, 0.5) is 23.7 Å². The molecule has 0 aromatic heterocycles. The van der Waals surface area contributed by atoms with Crippen LogP contribution in [0.25, 0.3) is 0 Å².